The van der Waals surface area contributed by atoms with Crippen LogP contribution in [0.15, 0.2) is 6.07 Å². The number of likely N-dealkylation sites (tertiary alicyclic amines) is 2. The van der Waals surface area contributed by atoms with E-state index in [1.165, 1.54) is 6.42 Å². The van der Waals surface area contributed by atoms with Crippen LogP contribution in [0.3, 0.4) is 0 Å². The van der Waals surface area contributed by atoms with E-state index >= 15 is 0 Å². The van der Waals surface area contributed by atoms with Crippen LogP contribution >= 0.6 is 0 Å². The van der Waals surface area contributed by atoms with E-state index in [4.69, 9.17) is 0 Å². The molecule has 2 aliphatic heterocycles. The lowest BCUT2D eigenvalue weighted by atomic mass is 10.0. The number of aryl methyl sites for hydroxylation is 2. The van der Waals surface area contributed by atoms with Crippen LogP contribution in [-0.4, -0.2) is 57.6 Å². The fourth-order valence-corrected chi connectivity index (χ4v) is 3.62. The van der Waals surface area contributed by atoms with Gasteiger partial charge in [0.15, 0.2) is 0 Å². The number of aromatic nitrogens is 2. The van der Waals surface area contributed by atoms with Gasteiger partial charge in [-0.15, -0.1) is 0 Å². The van der Waals surface area contributed by atoms with Crippen molar-refractivity contribution in [1.82, 2.24) is 19.6 Å². The predicted molar refractivity (Wildman–Crippen MR) is 86.8 cm³/mol. The highest BCUT2D eigenvalue weighted by Crippen LogP contribution is 2.21. The first-order chi connectivity index (χ1) is 11.0. The minimum atomic E-state index is -0.0162. The number of nitrogens with zero attached hydrogens (tertiary/aromatic N) is 4. The fourth-order valence-electron chi connectivity index (χ4n) is 3.62. The number of piperidine rings is 1. The Balaban J connectivity index is 1.55. The van der Waals surface area contributed by atoms with Gasteiger partial charge in [0.05, 0.1) is 11.6 Å². The summed E-state index contributed by atoms with van der Waals surface area (Å²) in [4.78, 5) is 28.8. The van der Waals surface area contributed by atoms with Gasteiger partial charge in [-0.1, -0.05) is 0 Å². The summed E-state index contributed by atoms with van der Waals surface area (Å²) in [6.07, 6.45) is 4.23. The molecule has 6 heteroatoms. The fraction of sp³-hybridized carbons (Fsp3) is 0.706. The highest BCUT2D eigenvalue weighted by Gasteiger charge is 2.34. The first-order valence-electron chi connectivity index (χ1n) is 8.62. The van der Waals surface area contributed by atoms with Crippen molar-refractivity contribution >= 4 is 11.8 Å². The molecular formula is C17H26N4O2. The van der Waals surface area contributed by atoms with Gasteiger partial charge in [0.2, 0.25) is 11.8 Å². The molecule has 0 bridgehead atoms. The van der Waals surface area contributed by atoms with Gasteiger partial charge in [-0.3, -0.25) is 14.3 Å². The van der Waals surface area contributed by atoms with Gasteiger partial charge in [-0.05, 0) is 45.6 Å². The van der Waals surface area contributed by atoms with Crippen LogP contribution in [-0.2, 0) is 16.1 Å². The van der Waals surface area contributed by atoms with Gasteiger partial charge in [0.25, 0.3) is 0 Å². The van der Waals surface area contributed by atoms with Crippen LogP contribution in [0, 0.1) is 19.8 Å². The molecule has 2 aliphatic rings. The normalized spacial score (nSPS) is 21.7. The molecule has 2 amide bonds. The average molecular weight is 318 g/mol. The van der Waals surface area contributed by atoms with Crippen LogP contribution in [0.1, 0.15) is 37.1 Å². The zero-order valence-corrected chi connectivity index (χ0v) is 14.1. The quantitative estimate of drug-likeness (QED) is 0.845. The van der Waals surface area contributed by atoms with E-state index in [0.29, 0.717) is 13.1 Å². The highest BCUT2D eigenvalue weighted by molar-refractivity contribution is 5.82. The van der Waals surface area contributed by atoms with Gasteiger partial charge in [-0.25, -0.2) is 0 Å². The molecule has 6 nitrogen and oxygen atoms in total. The smallest absolute Gasteiger partial charge is 0.244 e. The summed E-state index contributed by atoms with van der Waals surface area (Å²) >= 11 is 0. The maximum atomic E-state index is 12.6. The first-order valence-corrected chi connectivity index (χ1v) is 8.62. The summed E-state index contributed by atoms with van der Waals surface area (Å²) in [5.74, 6) is 0.286. The zero-order valence-electron chi connectivity index (χ0n) is 14.1. The molecule has 1 aromatic heterocycles. The van der Waals surface area contributed by atoms with Crippen LogP contribution in [0.25, 0.3) is 0 Å². The lowest BCUT2D eigenvalue weighted by Gasteiger charge is -2.29. The van der Waals surface area contributed by atoms with Crippen molar-refractivity contribution in [2.45, 2.75) is 46.1 Å². The maximum absolute atomic E-state index is 12.6. The first kappa shape index (κ1) is 16.0. The Bertz CT molecular complexity index is 589. The van der Waals surface area contributed by atoms with Crippen molar-refractivity contribution in [2.75, 3.05) is 26.2 Å². The molecule has 2 fully saturated rings. The number of hydrogen-bond acceptors (Lipinski definition) is 3. The molecule has 0 N–H and O–H groups in total. The molecule has 3 rings (SSSR count). The zero-order chi connectivity index (χ0) is 16.4. The van der Waals surface area contributed by atoms with Gasteiger partial charge < -0.3 is 9.80 Å². The molecule has 0 saturated carbocycles. The molecular weight excluding hydrogens is 292 g/mol. The van der Waals surface area contributed by atoms with E-state index in [-0.39, 0.29) is 24.3 Å². The second kappa shape index (κ2) is 6.72. The summed E-state index contributed by atoms with van der Waals surface area (Å²) < 4.78 is 1.75. The van der Waals surface area contributed by atoms with Crippen LogP contribution in [0.4, 0.5) is 0 Å². The Morgan fingerprint density at radius 2 is 1.87 bits per heavy atom. The van der Waals surface area contributed by atoms with E-state index in [9.17, 15) is 9.59 Å². The standard InChI is InChI=1S/C17H26N4O2/c1-13-10-14(2)21(18-13)12-16(22)20-9-6-15(11-20)17(23)19-7-4-3-5-8-19/h10,15H,3-9,11-12H2,1-2H3. The van der Waals surface area contributed by atoms with Crippen molar-refractivity contribution < 1.29 is 9.59 Å². The Labute approximate surface area is 137 Å². The monoisotopic (exact) mass is 318 g/mol. The van der Waals surface area contributed by atoms with E-state index < -0.39 is 0 Å². The molecule has 0 aromatic carbocycles. The molecule has 1 unspecified atom stereocenters. The van der Waals surface area contributed by atoms with Crippen molar-refractivity contribution in [3.8, 4) is 0 Å². The maximum Gasteiger partial charge on any atom is 0.244 e. The third-order valence-electron chi connectivity index (χ3n) is 4.95. The molecule has 2 saturated heterocycles. The minimum Gasteiger partial charge on any atom is -0.342 e. The summed E-state index contributed by atoms with van der Waals surface area (Å²) in [5, 5.41) is 4.34. The third kappa shape index (κ3) is 3.57. The Kier molecular flexibility index (Phi) is 4.68. The molecule has 0 radical (unpaired) electrons. The third-order valence-corrected chi connectivity index (χ3v) is 4.95. The summed E-state index contributed by atoms with van der Waals surface area (Å²) in [7, 11) is 0. The largest absolute Gasteiger partial charge is 0.342 e. The van der Waals surface area contributed by atoms with Gasteiger partial charge in [0.1, 0.15) is 6.54 Å². The Morgan fingerprint density at radius 1 is 1.13 bits per heavy atom. The molecule has 0 aliphatic carbocycles. The molecule has 1 atom stereocenters. The molecule has 0 spiro atoms. The molecule has 1 aromatic rings. The Morgan fingerprint density at radius 3 is 2.52 bits per heavy atom. The highest BCUT2D eigenvalue weighted by atomic mass is 16.2. The van der Waals surface area contributed by atoms with Crippen LogP contribution in [0.5, 0.6) is 0 Å². The van der Waals surface area contributed by atoms with Crippen molar-refractivity contribution in [2.24, 2.45) is 5.92 Å². The van der Waals surface area contributed by atoms with E-state index in [2.05, 4.69) is 5.10 Å². The van der Waals surface area contributed by atoms with Crippen molar-refractivity contribution in [3.05, 3.63) is 17.5 Å². The minimum absolute atomic E-state index is 0.0162. The van der Waals surface area contributed by atoms with E-state index in [1.54, 1.807) is 4.68 Å². The molecule has 23 heavy (non-hydrogen) atoms. The van der Waals surface area contributed by atoms with E-state index in [1.807, 2.05) is 29.7 Å². The number of carbonyl (C=O) groups excluding carboxylic acids is 2. The summed E-state index contributed by atoms with van der Waals surface area (Å²) in [5.41, 5.74) is 1.92. The van der Waals surface area contributed by atoms with Crippen LogP contribution < -0.4 is 0 Å². The van der Waals surface area contributed by atoms with Crippen molar-refractivity contribution in [1.29, 1.82) is 0 Å². The second-order valence-corrected chi connectivity index (χ2v) is 6.80. The Hall–Kier alpha value is -1.85. The number of hydrogen-bond donors (Lipinski definition) is 0. The molecule has 3 heterocycles. The SMILES string of the molecule is Cc1cc(C)n(CC(=O)N2CCC(C(=O)N3CCCCC3)C2)n1. The summed E-state index contributed by atoms with van der Waals surface area (Å²) in [6, 6.07) is 1.97. The lowest BCUT2D eigenvalue weighted by molar-refractivity contribution is -0.136. The average Bonchev–Trinajstić information content (AvgIpc) is 3.15. The number of amides is 2. The van der Waals surface area contributed by atoms with Crippen molar-refractivity contribution in [3.63, 3.8) is 0 Å². The molecule has 126 valence electrons. The van der Waals surface area contributed by atoms with Gasteiger partial charge >= 0.3 is 0 Å². The van der Waals surface area contributed by atoms with E-state index in [0.717, 1.165) is 43.7 Å². The summed E-state index contributed by atoms with van der Waals surface area (Å²) in [6.45, 7) is 7.17. The van der Waals surface area contributed by atoms with Gasteiger partial charge in [0, 0.05) is 31.9 Å². The second-order valence-electron chi connectivity index (χ2n) is 6.80. The topological polar surface area (TPSA) is 58.4 Å². The predicted octanol–water partition coefficient (Wildman–Crippen LogP) is 1.36. The number of carbonyl (C=O) groups is 2. The van der Waals surface area contributed by atoms with Gasteiger partial charge in [-0.2, -0.15) is 5.10 Å². The number of rotatable bonds is 3. The lowest BCUT2D eigenvalue weighted by Crippen LogP contribution is -2.41. The van der Waals surface area contributed by atoms with Crippen LogP contribution in [0.2, 0.25) is 0 Å².